The number of ether oxygens (including phenoxy) is 1. The molecule has 0 radical (unpaired) electrons. The van der Waals surface area contributed by atoms with Gasteiger partial charge >= 0.3 is 0 Å². The van der Waals surface area contributed by atoms with Gasteiger partial charge in [0.2, 0.25) is 0 Å². The van der Waals surface area contributed by atoms with Crippen molar-refractivity contribution in [3.63, 3.8) is 0 Å². The van der Waals surface area contributed by atoms with Crippen molar-refractivity contribution in [3.05, 3.63) is 65.5 Å². The van der Waals surface area contributed by atoms with Crippen LogP contribution >= 0.6 is 0 Å². The second-order valence-corrected chi connectivity index (χ2v) is 5.80. The summed E-state index contributed by atoms with van der Waals surface area (Å²) in [4.78, 5) is 0. The van der Waals surface area contributed by atoms with Gasteiger partial charge in [0.05, 0.1) is 24.6 Å². The van der Waals surface area contributed by atoms with Crippen LogP contribution in [-0.4, -0.2) is 12.3 Å². The Morgan fingerprint density at radius 2 is 1.91 bits per heavy atom. The van der Waals surface area contributed by atoms with Crippen LogP contribution in [0.3, 0.4) is 0 Å². The molecule has 0 bridgehead atoms. The van der Waals surface area contributed by atoms with Crippen molar-refractivity contribution in [2.45, 2.75) is 38.4 Å². The summed E-state index contributed by atoms with van der Waals surface area (Å²) in [6.45, 7) is 0.426. The number of hydrazone groups is 1. The number of rotatable bonds is 6. The van der Waals surface area contributed by atoms with Crippen LogP contribution in [-0.2, 0) is 11.3 Å². The lowest BCUT2D eigenvalue weighted by atomic mass is 10.1. The van der Waals surface area contributed by atoms with Crippen LogP contribution in [0.4, 0.5) is 10.1 Å². The Kier molecular flexibility index (Phi) is 5.37. The molecule has 0 heterocycles. The lowest BCUT2D eigenvalue weighted by Crippen LogP contribution is -2.08. The minimum atomic E-state index is -0.247. The van der Waals surface area contributed by atoms with E-state index in [1.54, 1.807) is 12.3 Å². The van der Waals surface area contributed by atoms with Gasteiger partial charge in [-0.15, -0.1) is 0 Å². The molecule has 0 amide bonds. The maximum absolute atomic E-state index is 13.5. The minimum Gasteiger partial charge on any atom is -0.374 e. The molecule has 2 aromatic carbocycles. The highest BCUT2D eigenvalue weighted by molar-refractivity contribution is 5.82. The molecule has 1 saturated carbocycles. The zero-order valence-electron chi connectivity index (χ0n) is 13.0. The summed E-state index contributed by atoms with van der Waals surface area (Å²) in [5.74, 6) is -0.247. The molecule has 23 heavy (non-hydrogen) atoms. The molecule has 0 saturated heterocycles. The average Bonchev–Trinajstić information content (AvgIpc) is 3.09. The van der Waals surface area contributed by atoms with Crippen LogP contribution in [0.15, 0.2) is 53.6 Å². The number of nitrogens with zero attached hydrogens (tertiary/aromatic N) is 1. The van der Waals surface area contributed by atoms with Gasteiger partial charge in [0.25, 0.3) is 0 Å². The van der Waals surface area contributed by atoms with Crippen molar-refractivity contribution in [1.82, 2.24) is 0 Å². The first-order chi connectivity index (χ1) is 11.3. The molecule has 0 aliphatic heterocycles. The third-order valence-electron chi connectivity index (χ3n) is 4.05. The Balaban J connectivity index is 1.65. The van der Waals surface area contributed by atoms with Gasteiger partial charge in [-0.05, 0) is 42.7 Å². The molecule has 1 fully saturated rings. The highest BCUT2D eigenvalue weighted by Gasteiger charge is 2.16. The molecule has 3 rings (SSSR count). The largest absolute Gasteiger partial charge is 0.374 e. The van der Waals surface area contributed by atoms with Gasteiger partial charge < -0.3 is 4.74 Å². The summed E-state index contributed by atoms with van der Waals surface area (Å²) in [6, 6.07) is 14.4. The van der Waals surface area contributed by atoms with E-state index >= 15 is 0 Å². The Morgan fingerprint density at radius 3 is 2.70 bits per heavy atom. The number of anilines is 1. The molecule has 3 nitrogen and oxygen atoms in total. The van der Waals surface area contributed by atoms with Gasteiger partial charge in [0.1, 0.15) is 5.82 Å². The smallest absolute Gasteiger partial charge is 0.123 e. The summed E-state index contributed by atoms with van der Waals surface area (Å²) in [5.41, 5.74) is 5.58. The van der Waals surface area contributed by atoms with Crippen molar-refractivity contribution < 1.29 is 9.13 Å². The lowest BCUT2D eigenvalue weighted by molar-refractivity contribution is 0.0455. The van der Waals surface area contributed by atoms with Crippen LogP contribution in [0.2, 0.25) is 0 Å². The highest BCUT2D eigenvalue weighted by Crippen LogP contribution is 2.23. The molecule has 1 aliphatic rings. The maximum atomic E-state index is 13.5. The Labute approximate surface area is 136 Å². The number of nitrogens with one attached hydrogen (secondary N) is 1. The fourth-order valence-electron chi connectivity index (χ4n) is 2.78. The predicted molar refractivity (Wildman–Crippen MR) is 91.1 cm³/mol. The van der Waals surface area contributed by atoms with Crippen LogP contribution in [0.25, 0.3) is 0 Å². The van der Waals surface area contributed by atoms with E-state index in [0.29, 0.717) is 12.7 Å². The summed E-state index contributed by atoms with van der Waals surface area (Å²) in [5, 5.41) is 4.23. The van der Waals surface area contributed by atoms with Crippen LogP contribution in [0.5, 0.6) is 0 Å². The van der Waals surface area contributed by atoms with Gasteiger partial charge in [-0.1, -0.05) is 37.1 Å². The third kappa shape index (κ3) is 4.63. The first-order valence-corrected chi connectivity index (χ1v) is 8.05. The van der Waals surface area contributed by atoms with Gasteiger partial charge in [-0.2, -0.15) is 5.10 Å². The molecule has 120 valence electrons. The Hall–Kier alpha value is -2.20. The average molecular weight is 312 g/mol. The zero-order valence-corrected chi connectivity index (χ0v) is 13.0. The summed E-state index contributed by atoms with van der Waals surface area (Å²) in [6.07, 6.45) is 6.68. The standard InChI is InChI=1S/C19H21FN2O/c20-17-11-10-15(13-21-22-18-6-2-1-3-7-18)16(12-17)14-23-19-8-4-5-9-19/h1-3,6-7,10-13,19,22H,4-5,8-9,14H2. The highest BCUT2D eigenvalue weighted by atomic mass is 19.1. The topological polar surface area (TPSA) is 33.6 Å². The molecule has 4 heteroatoms. The zero-order chi connectivity index (χ0) is 15.9. The number of halogens is 1. The van der Waals surface area contributed by atoms with Crippen molar-refractivity contribution in [1.29, 1.82) is 0 Å². The van der Waals surface area contributed by atoms with E-state index in [1.165, 1.54) is 25.0 Å². The van der Waals surface area contributed by atoms with E-state index < -0.39 is 0 Å². The molecule has 0 atom stereocenters. The quantitative estimate of drug-likeness (QED) is 0.618. The first-order valence-electron chi connectivity index (χ1n) is 8.05. The summed E-state index contributed by atoms with van der Waals surface area (Å²) in [7, 11) is 0. The minimum absolute atomic E-state index is 0.247. The molecular weight excluding hydrogens is 291 g/mol. The predicted octanol–water partition coefficient (Wildman–Crippen LogP) is 4.73. The van der Waals surface area contributed by atoms with E-state index in [-0.39, 0.29) is 5.82 Å². The fourth-order valence-corrected chi connectivity index (χ4v) is 2.78. The van der Waals surface area contributed by atoms with Gasteiger partial charge in [-0.3, -0.25) is 5.43 Å². The van der Waals surface area contributed by atoms with E-state index in [9.17, 15) is 4.39 Å². The second-order valence-electron chi connectivity index (χ2n) is 5.80. The Bertz CT molecular complexity index is 652. The maximum Gasteiger partial charge on any atom is 0.123 e. The number of benzene rings is 2. The number of para-hydroxylation sites is 1. The van der Waals surface area contributed by atoms with Crippen LogP contribution < -0.4 is 5.43 Å². The second kappa shape index (κ2) is 7.88. The van der Waals surface area contributed by atoms with E-state index in [2.05, 4.69) is 10.5 Å². The number of hydrogen-bond donors (Lipinski definition) is 1. The molecule has 2 aromatic rings. The number of hydrogen-bond acceptors (Lipinski definition) is 3. The molecule has 0 spiro atoms. The Morgan fingerprint density at radius 1 is 1.13 bits per heavy atom. The van der Waals surface area contributed by atoms with Gasteiger partial charge in [0.15, 0.2) is 0 Å². The van der Waals surface area contributed by atoms with E-state index in [1.807, 2.05) is 30.3 Å². The molecule has 0 aromatic heterocycles. The van der Waals surface area contributed by atoms with Crippen LogP contribution in [0, 0.1) is 5.82 Å². The van der Waals surface area contributed by atoms with Crippen molar-refractivity contribution in [2.75, 3.05) is 5.43 Å². The van der Waals surface area contributed by atoms with E-state index in [4.69, 9.17) is 4.74 Å². The van der Waals surface area contributed by atoms with Crippen molar-refractivity contribution in [3.8, 4) is 0 Å². The lowest BCUT2D eigenvalue weighted by Gasteiger charge is -2.12. The van der Waals surface area contributed by atoms with E-state index in [0.717, 1.165) is 29.7 Å². The third-order valence-corrected chi connectivity index (χ3v) is 4.05. The van der Waals surface area contributed by atoms with Gasteiger partial charge in [-0.25, -0.2) is 4.39 Å². The normalized spacial score (nSPS) is 15.3. The summed E-state index contributed by atoms with van der Waals surface area (Å²) < 4.78 is 19.4. The molecule has 1 aliphatic carbocycles. The van der Waals surface area contributed by atoms with Gasteiger partial charge in [0, 0.05) is 5.56 Å². The SMILES string of the molecule is Fc1ccc(C=NNc2ccccc2)c(COC2CCCC2)c1. The monoisotopic (exact) mass is 312 g/mol. The molecule has 1 N–H and O–H groups in total. The van der Waals surface area contributed by atoms with Crippen molar-refractivity contribution >= 4 is 11.9 Å². The van der Waals surface area contributed by atoms with Crippen LogP contribution in [0.1, 0.15) is 36.8 Å². The fraction of sp³-hybridized carbons (Fsp3) is 0.316. The van der Waals surface area contributed by atoms with Crippen molar-refractivity contribution in [2.24, 2.45) is 5.10 Å². The molecular formula is C19H21FN2O. The molecule has 0 unspecified atom stereocenters. The summed E-state index contributed by atoms with van der Waals surface area (Å²) >= 11 is 0. The first kappa shape index (κ1) is 15.7.